The third-order valence-corrected chi connectivity index (χ3v) is 3.64. The quantitative estimate of drug-likeness (QED) is 0.909. The number of sulfonamides is 1. The van der Waals surface area contributed by atoms with Gasteiger partial charge in [-0.15, -0.1) is 0 Å². The molecule has 0 unspecified atom stereocenters. The molecule has 1 aromatic carbocycles. The van der Waals surface area contributed by atoms with E-state index < -0.39 is 43.9 Å². The Balaban J connectivity index is 2.50. The molecule has 20 heavy (non-hydrogen) atoms. The first kappa shape index (κ1) is 14.1. The first-order valence-corrected chi connectivity index (χ1v) is 6.61. The number of hydrogen-bond acceptors (Lipinski definition) is 4. The van der Waals surface area contributed by atoms with Crippen molar-refractivity contribution in [3.8, 4) is 5.75 Å². The molecular formula is C11H7F3N2O3S. The van der Waals surface area contributed by atoms with E-state index in [-0.39, 0.29) is 12.1 Å². The fraction of sp³-hybridized carbons (Fsp3) is 0. The van der Waals surface area contributed by atoms with Crippen LogP contribution in [0.25, 0.3) is 0 Å². The van der Waals surface area contributed by atoms with Crippen molar-refractivity contribution < 1.29 is 26.7 Å². The van der Waals surface area contributed by atoms with Crippen LogP contribution in [-0.2, 0) is 10.0 Å². The summed E-state index contributed by atoms with van der Waals surface area (Å²) in [6.45, 7) is 0. The number of hydrogen-bond donors (Lipinski definition) is 2. The molecule has 9 heteroatoms. The zero-order valence-electron chi connectivity index (χ0n) is 9.64. The normalized spacial score (nSPS) is 11.3. The van der Waals surface area contributed by atoms with E-state index in [0.717, 1.165) is 12.3 Å². The van der Waals surface area contributed by atoms with Gasteiger partial charge in [0.1, 0.15) is 17.5 Å². The molecule has 1 aromatic heterocycles. The number of pyridine rings is 1. The number of benzene rings is 1. The number of aromatic hydroxyl groups is 1. The molecule has 0 bridgehead atoms. The predicted octanol–water partition coefficient (Wildman–Crippen LogP) is 2.01. The maximum Gasteiger partial charge on any atom is 0.269 e. The molecule has 0 aliphatic heterocycles. The molecule has 0 aliphatic carbocycles. The van der Waals surface area contributed by atoms with E-state index >= 15 is 0 Å². The zero-order chi connectivity index (χ0) is 14.9. The maximum absolute atomic E-state index is 13.4. The van der Waals surface area contributed by atoms with Crippen LogP contribution in [-0.4, -0.2) is 18.5 Å². The van der Waals surface area contributed by atoms with Crippen LogP contribution in [0.3, 0.4) is 0 Å². The highest BCUT2D eigenvalue weighted by Crippen LogP contribution is 2.25. The van der Waals surface area contributed by atoms with Crippen LogP contribution < -0.4 is 4.72 Å². The molecule has 5 nitrogen and oxygen atoms in total. The van der Waals surface area contributed by atoms with Crippen molar-refractivity contribution in [3.05, 3.63) is 47.9 Å². The highest BCUT2D eigenvalue weighted by Gasteiger charge is 2.26. The van der Waals surface area contributed by atoms with Gasteiger partial charge in [0.15, 0.2) is 16.5 Å². The Labute approximate surface area is 111 Å². The largest absolute Gasteiger partial charge is 0.504 e. The van der Waals surface area contributed by atoms with E-state index in [4.69, 9.17) is 0 Å². The minimum absolute atomic E-state index is 0.232. The molecule has 0 saturated heterocycles. The number of halogens is 3. The lowest BCUT2D eigenvalue weighted by Crippen LogP contribution is -2.17. The van der Waals surface area contributed by atoms with Gasteiger partial charge >= 0.3 is 0 Å². The summed E-state index contributed by atoms with van der Waals surface area (Å²) in [4.78, 5) is 2.15. The van der Waals surface area contributed by atoms with Crippen LogP contribution in [0.2, 0.25) is 0 Å². The number of anilines is 1. The van der Waals surface area contributed by atoms with Gasteiger partial charge < -0.3 is 5.11 Å². The topological polar surface area (TPSA) is 79.3 Å². The lowest BCUT2D eigenvalue weighted by molar-refractivity contribution is 0.475. The van der Waals surface area contributed by atoms with Gasteiger partial charge in [0.05, 0.1) is 0 Å². The molecule has 2 aromatic rings. The third kappa shape index (κ3) is 2.67. The Bertz CT molecular complexity index is 742. The van der Waals surface area contributed by atoms with Gasteiger partial charge in [-0.2, -0.15) is 0 Å². The molecule has 0 saturated carbocycles. The number of rotatable bonds is 3. The SMILES string of the molecule is O=S(=O)(Nc1ncccc1O)c1c(F)cc(F)cc1F. The van der Waals surface area contributed by atoms with Crippen molar-refractivity contribution in [1.82, 2.24) is 4.98 Å². The Morgan fingerprint density at radius 1 is 1.15 bits per heavy atom. The monoisotopic (exact) mass is 304 g/mol. The van der Waals surface area contributed by atoms with Crippen LogP contribution in [0.5, 0.6) is 5.75 Å². The van der Waals surface area contributed by atoms with Crippen LogP contribution in [0.15, 0.2) is 35.4 Å². The Morgan fingerprint density at radius 3 is 2.30 bits per heavy atom. The third-order valence-electron chi connectivity index (χ3n) is 2.25. The average Bonchev–Trinajstić information content (AvgIpc) is 2.30. The van der Waals surface area contributed by atoms with Gasteiger partial charge in [0, 0.05) is 18.3 Å². The minimum atomic E-state index is -4.70. The molecule has 0 fully saturated rings. The van der Waals surface area contributed by atoms with Crippen LogP contribution in [0, 0.1) is 17.5 Å². The standard InChI is InChI=1S/C11H7F3N2O3S/c12-6-4-7(13)10(8(14)5-6)20(18,19)16-11-9(17)2-1-3-15-11/h1-5,17H,(H,15,16). The summed E-state index contributed by atoms with van der Waals surface area (Å²) >= 11 is 0. The first-order chi connectivity index (χ1) is 9.31. The molecule has 2 rings (SSSR count). The molecule has 0 aliphatic rings. The summed E-state index contributed by atoms with van der Waals surface area (Å²) in [5, 5.41) is 9.37. The van der Waals surface area contributed by atoms with Crippen molar-refractivity contribution in [2.45, 2.75) is 4.90 Å². The van der Waals surface area contributed by atoms with E-state index in [2.05, 4.69) is 4.98 Å². The molecule has 2 N–H and O–H groups in total. The van der Waals surface area contributed by atoms with E-state index in [0.29, 0.717) is 0 Å². The Kier molecular flexibility index (Phi) is 3.53. The van der Waals surface area contributed by atoms with Gasteiger partial charge in [0.25, 0.3) is 10.0 Å². The van der Waals surface area contributed by atoms with Crippen LogP contribution in [0.4, 0.5) is 19.0 Å². The molecule has 106 valence electrons. The number of nitrogens with one attached hydrogen (secondary N) is 1. The van der Waals surface area contributed by atoms with E-state index in [1.807, 2.05) is 0 Å². The molecule has 0 radical (unpaired) electrons. The second-order valence-electron chi connectivity index (χ2n) is 3.68. The molecule has 0 amide bonds. The van der Waals surface area contributed by atoms with E-state index in [1.54, 1.807) is 4.72 Å². The van der Waals surface area contributed by atoms with Gasteiger partial charge in [-0.05, 0) is 12.1 Å². The maximum atomic E-state index is 13.4. The van der Waals surface area contributed by atoms with Gasteiger partial charge in [-0.25, -0.2) is 26.6 Å². The smallest absolute Gasteiger partial charge is 0.269 e. The van der Waals surface area contributed by atoms with Crippen molar-refractivity contribution in [2.75, 3.05) is 4.72 Å². The lowest BCUT2D eigenvalue weighted by atomic mass is 10.3. The van der Waals surface area contributed by atoms with Gasteiger partial charge in [-0.3, -0.25) is 4.72 Å². The minimum Gasteiger partial charge on any atom is -0.504 e. The summed E-state index contributed by atoms with van der Waals surface area (Å²) in [5.74, 6) is -5.47. The summed E-state index contributed by atoms with van der Waals surface area (Å²) in [5.41, 5.74) is 0. The van der Waals surface area contributed by atoms with Crippen molar-refractivity contribution in [2.24, 2.45) is 0 Å². The Hall–Kier alpha value is -2.29. The predicted molar refractivity (Wildman–Crippen MR) is 63.0 cm³/mol. The summed E-state index contributed by atoms with van der Waals surface area (Å²) in [6, 6.07) is 2.92. The summed E-state index contributed by atoms with van der Waals surface area (Å²) in [7, 11) is -4.70. The fourth-order valence-corrected chi connectivity index (χ4v) is 2.58. The van der Waals surface area contributed by atoms with Crippen LogP contribution >= 0.6 is 0 Å². The number of aromatic nitrogens is 1. The molecular weight excluding hydrogens is 297 g/mol. The zero-order valence-corrected chi connectivity index (χ0v) is 10.5. The van der Waals surface area contributed by atoms with E-state index in [9.17, 15) is 26.7 Å². The van der Waals surface area contributed by atoms with Gasteiger partial charge in [-0.1, -0.05) is 0 Å². The average molecular weight is 304 g/mol. The lowest BCUT2D eigenvalue weighted by Gasteiger charge is -2.10. The highest BCUT2D eigenvalue weighted by atomic mass is 32.2. The molecule has 0 atom stereocenters. The van der Waals surface area contributed by atoms with Crippen LogP contribution in [0.1, 0.15) is 0 Å². The van der Waals surface area contributed by atoms with Crippen molar-refractivity contribution >= 4 is 15.8 Å². The summed E-state index contributed by atoms with van der Waals surface area (Å²) < 4.78 is 65.0. The summed E-state index contributed by atoms with van der Waals surface area (Å²) in [6.07, 6.45) is 1.16. The fourth-order valence-electron chi connectivity index (χ4n) is 1.44. The first-order valence-electron chi connectivity index (χ1n) is 5.12. The second kappa shape index (κ2) is 5.00. The Morgan fingerprint density at radius 2 is 1.75 bits per heavy atom. The second-order valence-corrected chi connectivity index (χ2v) is 5.29. The van der Waals surface area contributed by atoms with Crippen molar-refractivity contribution in [3.63, 3.8) is 0 Å². The highest BCUT2D eigenvalue weighted by molar-refractivity contribution is 7.92. The molecule has 0 spiro atoms. The van der Waals surface area contributed by atoms with E-state index in [1.165, 1.54) is 6.07 Å². The van der Waals surface area contributed by atoms with Gasteiger partial charge in [0.2, 0.25) is 0 Å². The van der Waals surface area contributed by atoms with Crippen molar-refractivity contribution in [1.29, 1.82) is 0 Å². The number of nitrogens with zero attached hydrogens (tertiary/aromatic N) is 1. The molecule has 1 heterocycles.